The molecule has 4 nitrogen and oxygen atoms in total. The Hall–Kier alpha value is -1.62. The van der Waals surface area contributed by atoms with Crippen LogP contribution < -0.4 is 0 Å². The first-order valence-corrected chi connectivity index (χ1v) is 6.61. The van der Waals surface area contributed by atoms with Gasteiger partial charge in [-0.15, -0.1) is 11.3 Å². The molecule has 2 aromatic rings. The fourth-order valence-electron chi connectivity index (χ4n) is 2.07. The Bertz CT molecular complexity index is 512. The molecule has 0 atom stereocenters. The topological polar surface area (TPSA) is 49.0 Å². The molecule has 1 N–H and O–H groups in total. The van der Waals surface area contributed by atoms with Crippen LogP contribution in [0.1, 0.15) is 23.3 Å². The predicted octanol–water partition coefficient (Wildman–Crippen LogP) is 2.37. The summed E-state index contributed by atoms with van der Waals surface area (Å²) in [4.78, 5) is 15.1. The van der Waals surface area contributed by atoms with Gasteiger partial charge >= 0.3 is 0 Å². The van der Waals surface area contributed by atoms with Gasteiger partial charge in [0.2, 0.25) is 0 Å². The molecule has 0 saturated carbocycles. The Labute approximate surface area is 103 Å². The van der Waals surface area contributed by atoms with Gasteiger partial charge in [0.05, 0.1) is 10.6 Å². The fraction of sp³-hybridized carbons (Fsp3) is 0.333. The number of aromatic amines is 1. The van der Waals surface area contributed by atoms with Crippen LogP contribution in [0.5, 0.6) is 0 Å². The van der Waals surface area contributed by atoms with Crippen molar-refractivity contribution in [2.45, 2.75) is 12.8 Å². The minimum Gasteiger partial charge on any atom is -0.337 e. The molecule has 1 fully saturated rings. The van der Waals surface area contributed by atoms with E-state index in [0.29, 0.717) is 5.69 Å². The van der Waals surface area contributed by atoms with Gasteiger partial charge in [-0.2, -0.15) is 5.10 Å². The number of amides is 1. The SMILES string of the molecule is O=C(c1cc(-c2cccs2)[nH]n1)N1CCCC1. The van der Waals surface area contributed by atoms with Crippen molar-refractivity contribution >= 4 is 17.2 Å². The normalized spacial score (nSPS) is 15.4. The Morgan fingerprint density at radius 3 is 2.94 bits per heavy atom. The van der Waals surface area contributed by atoms with Gasteiger partial charge in [0.25, 0.3) is 5.91 Å². The summed E-state index contributed by atoms with van der Waals surface area (Å²) in [6, 6.07) is 5.84. The highest BCUT2D eigenvalue weighted by molar-refractivity contribution is 7.13. The van der Waals surface area contributed by atoms with Crippen molar-refractivity contribution in [3.8, 4) is 10.6 Å². The summed E-state index contributed by atoms with van der Waals surface area (Å²) in [5.74, 6) is 0.0431. The second-order valence-corrected chi connectivity index (χ2v) is 5.09. The number of thiophene rings is 1. The van der Waals surface area contributed by atoms with Crippen molar-refractivity contribution in [1.29, 1.82) is 0 Å². The molecule has 1 aliphatic rings. The van der Waals surface area contributed by atoms with E-state index in [9.17, 15) is 4.79 Å². The Balaban J connectivity index is 1.82. The summed E-state index contributed by atoms with van der Waals surface area (Å²) >= 11 is 1.64. The zero-order chi connectivity index (χ0) is 11.7. The molecule has 5 heteroatoms. The summed E-state index contributed by atoms with van der Waals surface area (Å²) in [5, 5.41) is 9.04. The van der Waals surface area contributed by atoms with Crippen molar-refractivity contribution in [2.75, 3.05) is 13.1 Å². The minimum atomic E-state index is 0.0431. The molecule has 3 heterocycles. The first-order valence-electron chi connectivity index (χ1n) is 5.73. The molecule has 88 valence electrons. The summed E-state index contributed by atoms with van der Waals surface area (Å²) in [6.07, 6.45) is 2.21. The molecule has 1 saturated heterocycles. The van der Waals surface area contributed by atoms with Crippen LogP contribution in [0.4, 0.5) is 0 Å². The zero-order valence-electron chi connectivity index (χ0n) is 9.35. The summed E-state index contributed by atoms with van der Waals surface area (Å²) < 4.78 is 0. The van der Waals surface area contributed by atoms with Gasteiger partial charge in [-0.1, -0.05) is 6.07 Å². The lowest BCUT2D eigenvalue weighted by molar-refractivity contribution is 0.0787. The van der Waals surface area contributed by atoms with Crippen molar-refractivity contribution in [3.05, 3.63) is 29.3 Å². The van der Waals surface area contributed by atoms with Crippen LogP contribution in [0.25, 0.3) is 10.6 Å². The maximum absolute atomic E-state index is 12.1. The predicted molar refractivity (Wildman–Crippen MR) is 67.0 cm³/mol. The number of carbonyl (C=O) groups is 1. The molecule has 2 aromatic heterocycles. The summed E-state index contributed by atoms with van der Waals surface area (Å²) in [7, 11) is 0. The van der Waals surface area contributed by atoms with Gasteiger partial charge in [-0.05, 0) is 30.4 Å². The monoisotopic (exact) mass is 247 g/mol. The molecule has 3 rings (SSSR count). The number of hydrogen-bond acceptors (Lipinski definition) is 3. The van der Waals surface area contributed by atoms with E-state index in [1.807, 2.05) is 28.5 Å². The van der Waals surface area contributed by atoms with Crippen LogP contribution in [0, 0.1) is 0 Å². The number of rotatable bonds is 2. The van der Waals surface area contributed by atoms with Gasteiger partial charge in [0, 0.05) is 13.1 Å². The highest BCUT2D eigenvalue weighted by Gasteiger charge is 2.21. The number of H-pyrrole nitrogens is 1. The molecule has 0 aromatic carbocycles. The van der Waals surface area contributed by atoms with Gasteiger partial charge in [-0.3, -0.25) is 9.89 Å². The molecule has 0 bridgehead atoms. The number of nitrogens with zero attached hydrogens (tertiary/aromatic N) is 2. The van der Waals surface area contributed by atoms with Gasteiger partial charge in [0.15, 0.2) is 5.69 Å². The third-order valence-electron chi connectivity index (χ3n) is 2.98. The first kappa shape index (κ1) is 10.5. The molecule has 0 radical (unpaired) electrons. The summed E-state index contributed by atoms with van der Waals surface area (Å²) in [5.41, 5.74) is 1.44. The molecule has 1 aliphatic heterocycles. The van der Waals surface area contributed by atoms with Gasteiger partial charge < -0.3 is 4.90 Å². The average molecular weight is 247 g/mol. The van der Waals surface area contributed by atoms with Crippen molar-refractivity contribution in [3.63, 3.8) is 0 Å². The van der Waals surface area contributed by atoms with E-state index >= 15 is 0 Å². The van der Waals surface area contributed by atoms with Gasteiger partial charge in [0.1, 0.15) is 0 Å². The van der Waals surface area contributed by atoms with Crippen molar-refractivity contribution in [2.24, 2.45) is 0 Å². The van der Waals surface area contributed by atoms with E-state index in [2.05, 4.69) is 10.2 Å². The van der Waals surface area contributed by atoms with Crippen LogP contribution in [0.15, 0.2) is 23.6 Å². The Kier molecular flexibility index (Phi) is 2.68. The largest absolute Gasteiger partial charge is 0.337 e. The number of nitrogens with one attached hydrogen (secondary N) is 1. The molecule has 0 unspecified atom stereocenters. The second kappa shape index (κ2) is 4.33. The lowest BCUT2D eigenvalue weighted by Crippen LogP contribution is -2.27. The number of hydrogen-bond donors (Lipinski definition) is 1. The maximum atomic E-state index is 12.1. The number of carbonyl (C=O) groups excluding carboxylic acids is 1. The fourth-order valence-corrected chi connectivity index (χ4v) is 2.76. The summed E-state index contributed by atoms with van der Waals surface area (Å²) in [6.45, 7) is 1.72. The lowest BCUT2D eigenvalue weighted by Gasteiger charge is -2.12. The average Bonchev–Trinajstić information content (AvgIpc) is 3.09. The van der Waals surface area contributed by atoms with Gasteiger partial charge in [-0.25, -0.2) is 0 Å². The standard InChI is InChI=1S/C12H13N3OS/c16-12(15-5-1-2-6-15)10-8-9(13-14-10)11-4-3-7-17-11/h3-4,7-8H,1-2,5-6H2,(H,13,14). The molecule has 1 amide bonds. The number of aromatic nitrogens is 2. The third-order valence-corrected chi connectivity index (χ3v) is 3.88. The van der Waals surface area contributed by atoms with E-state index in [1.165, 1.54) is 0 Å². The first-order chi connectivity index (χ1) is 8.34. The van der Waals surface area contributed by atoms with E-state index in [0.717, 1.165) is 36.5 Å². The third kappa shape index (κ3) is 1.98. The van der Waals surface area contributed by atoms with Crippen LogP contribution in [-0.4, -0.2) is 34.1 Å². The highest BCUT2D eigenvalue weighted by Crippen LogP contribution is 2.23. The van der Waals surface area contributed by atoms with Crippen LogP contribution in [-0.2, 0) is 0 Å². The lowest BCUT2D eigenvalue weighted by atomic mass is 10.3. The Morgan fingerprint density at radius 1 is 1.41 bits per heavy atom. The molecule has 0 spiro atoms. The van der Waals surface area contributed by atoms with Crippen LogP contribution in [0.2, 0.25) is 0 Å². The molecular weight excluding hydrogens is 234 g/mol. The molecule has 0 aliphatic carbocycles. The zero-order valence-corrected chi connectivity index (χ0v) is 10.2. The maximum Gasteiger partial charge on any atom is 0.274 e. The van der Waals surface area contributed by atoms with Crippen molar-refractivity contribution < 1.29 is 4.79 Å². The Morgan fingerprint density at radius 2 is 2.24 bits per heavy atom. The minimum absolute atomic E-state index is 0.0431. The second-order valence-electron chi connectivity index (χ2n) is 4.14. The quantitative estimate of drug-likeness (QED) is 0.885. The molecule has 17 heavy (non-hydrogen) atoms. The van der Waals surface area contributed by atoms with E-state index in [-0.39, 0.29) is 5.91 Å². The highest BCUT2D eigenvalue weighted by atomic mass is 32.1. The van der Waals surface area contributed by atoms with Crippen LogP contribution >= 0.6 is 11.3 Å². The number of likely N-dealkylation sites (tertiary alicyclic amines) is 1. The van der Waals surface area contributed by atoms with E-state index < -0.39 is 0 Å². The van der Waals surface area contributed by atoms with E-state index in [4.69, 9.17) is 0 Å². The van der Waals surface area contributed by atoms with Crippen molar-refractivity contribution in [1.82, 2.24) is 15.1 Å². The molecular formula is C12H13N3OS. The van der Waals surface area contributed by atoms with E-state index in [1.54, 1.807) is 11.3 Å². The van der Waals surface area contributed by atoms with Crippen LogP contribution in [0.3, 0.4) is 0 Å². The smallest absolute Gasteiger partial charge is 0.274 e.